The Labute approximate surface area is 195 Å². The third-order valence-electron chi connectivity index (χ3n) is 5.52. The molecule has 0 aliphatic heterocycles. The molecule has 3 aromatic carbocycles. The normalized spacial score (nSPS) is 12.2. The van der Waals surface area contributed by atoms with E-state index < -0.39 is 10.0 Å². The van der Waals surface area contributed by atoms with Crippen LogP contribution < -0.4 is 5.32 Å². The van der Waals surface area contributed by atoms with Gasteiger partial charge in [0.2, 0.25) is 10.0 Å². The largest absolute Gasteiger partial charge is 0.369 e. The Bertz CT molecular complexity index is 1370. The van der Waals surface area contributed by atoms with Crippen molar-refractivity contribution in [3.05, 3.63) is 72.6 Å². The van der Waals surface area contributed by atoms with Gasteiger partial charge in [-0.1, -0.05) is 42.5 Å². The first-order valence-electron chi connectivity index (χ1n) is 10.9. The quantitative estimate of drug-likeness (QED) is 0.379. The van der Waals surface area contributed by atoms with E-state index in [9.17, 15) is 8.42 Å². The number of fused-ring (bicyclic) bond motifs is 2. The van der Waals surface area contributed by atoms with Gasteiger partial charge in [0.1, 0.15) is 11.6 Å². The summed E-state index contributed by atoms with van der Waals surface area (Å²) in [6, 6.07) is 20.7. The van der Waals surface area contributed by atoms with Gasteiger partial charge in [0.05, 0.1) is 17.0 Å². The molecule has 0 fully saturated rings. The average Bonchev–Trinajstić information content (AvgIpc) is 2.81. The first-order chi connectivity index (χ1) is 15.8. The van der Waals surface area contributed by atoms with E-state index in [-0.39, 0.29) is 11.4 Å². The van der Waals surface area contributed by atoms with E-state index in [1.54, 1.807) is 19.2 Å². The van der Waals surface area contributed by atoms with Crippen molar-refractivity contribution in [2.45, 2.75) is 17.9 Å². The lowest BCUT2D eigenvalue weighted by Gasteiger charge is -2.18. The molecule has 0 unspecified atom stereocenters. The first-order valence-corrected chi connectivity index (χ1v) is 12.4. The van der Waals surface area contributed by atoms with Crippen molar-refractivity contribution in [2.24, 2.45) is 0 Å². The summed E-state index contributed by atoms with van der Waals surface area (Å²) in [5.74, 6) is 1.18. The second-order valence-corrected chi connectivity index (χ2v) is 10.4. The number of para-hydroxylation sites is 1. The molecule has 0 radical (unpaired) electrons. The number of sulfonamides is 1. The zero-order valence-corrected chi connectivity index (χ0v) is 20.0. The minimum absolute atomic E-state index is 0.0758. The molecule has 0 atom stereocenters. The summed E-state index contributed by atoms with van der Waals surface area (Å²) in [6.07, 6.45) is 0.969. The molecule has 4 aromatic rings. The third kappa shape index (κ3) is 5.30. The zero-order valence-electron chi connectivity index (χ0n) is 19.2. The monoisotopic (exact) mass is 463 g/mol. The summed E-state index contributed by atoms with van der Waals surface area (Å²) in [4.78, 5) is 11.7. The second kappa shape index (κ2) is 9.82. The SMILES string of the molecule is CN(C)CCCNc1nc(CN(C)S(=O)(=O)c2ccc3ccccc3c2)nc2ccccc12. The number of nitrogens with zero attached hydrogens (tertiary/aromatic N) is 4. The van der Waals surface area contributed by atoms with Crippen LogP contribution in [-0.2, 0) is 16.6 Å². The average molecular weight is 464 g/mol. The number of anilines is 1. The number of rotatable bonds is 9. The first kappa shape index (κ1) is 23.1. The molecule has 1 N–H and O–H groups in total. The summed E-state index contributed by atoms with van der Waals surface area (Å²) in [5.41, 5.74) is 0.786. The molecule has 0 saturated carbocycles. The van der Waals surface area contributed by atoms with Crippen LogP contribution in [0, 0.1) is 0 Å². The minimum atomic E-state index is -3.70. The summed E-state index contributed by atoms with van der Waals surface area (Å²) in [7, 11) is 1.96. The van der Waals surface area contributed by atoms with E-state index in [4.69, 9.17) is 0 Å². The number of nitrogens with one attached hydrogen (secondary N) is 1. The van der Waals surface area contributed by atoms with Gasteiger partial charge < -0.3 is 10.2 Å². The lowest BCUT2D eigenvalue weighted by atomic mass is 10.1. The van der Waals surface area contributed by atoms with Crippen LogP contribution in [0.2, 0.25) is 0 Å². The predicted octanol–water partition coefficient (Wildman–Crippen LogP) is 3.97. The fourth-order valence-electron chi connectivity index (χ4n) is 3.72. The van der Waals surface area contributed by atoms with Crippen molar-refractivity contribution in [1.82, 2.24) is 19.2 Å². The van der Waals surface area contributed by atoms with Crippen molar-refractivity contribution in [2.75, 3.05) is 39.5 Å². The van der Waals surface area contributed by atoms with E-state index >= 15 is 0 Å². The molecule has 33 heavy (non-hydrogen) atoms. The van der Waals surface area contributed by atoms with Gasteiger partial charge in [0, 0.05) is 19.0 Å². The van der Waals surface area contributed by atoms with E-state index in [0.29, 0.717) is 5.82 Å². The maximum atomic E-state index is 13.3. The summed E-state index contributed by atoms with van der Waals surface area (Å²) >= 11 is 0. The van der Waals surface area contributed by atoms with Crippen molar-refractivity contribution >= 4 is 37.5 Å². The third-order valence-corrected chi connectivity index (χ3v) is 7.32. The van der Waals surface area contributed by atoms with Crippen LogP contribution in [0.1, 0.15) is 12.2 Å². The van der Waals surface area contributed by atoms with E-state index in [0.717, 1.165) is 47.0 Å². The highest BCUT2D eigenvalue weighted by Crippen LogP contribution is 2.24. The Morgan fingerprint density at radius 1 is 0.879 bits per heavy atom. The Balaban J connectivity index is 1.59. The van der Waals surface area contributed by atoms with Gasteiger partial charge in [0.15, 0.2) is 0 Å². The molecule has 0 aliphatic carbocycles. The fourth-order valence-corrected chi connectivity index (χ4v) is 4.89. The van der Waals surface area contributed by atoms with Gasteiger partial charge in [0.25, 0.3) is 0 Å². The van der Waals surface area contributed by atoms with Crippen molar-refractivity contribution < 1.29 is 8.42 Å². The van der Waals surface area contributed by atoms with E-state index in [1.807, 2.05) is 68.7 Å². The second-order valence-electron chi connectivity index (χ2n) is 8.36. The molecule has 1 aromatic heterocycles. The molecule has 7 nitrogen and oxygen atoms in total. The van der Waals surface area contributed by atoms with Gasteiger partial charge in [-0.15, -0.1) is 0 Å². The number of aromatic nitrogens is 2. The number of benzene rings is 3. The molecular formula is C25H29N5O2S. The Morgan fingerprint density at radius 2 is 1.61 bits per heavy atom. The lowest BCUT2D eigenvalue weighted by molar-refractivity contribution is 0.405. The smallest absolute Gasteiger partial charge is 0.243 e. The molecule has 1 heterocycles. The Morgan fingerprint density at radius 3 is 2.39 bits per heavy atom. The van der Waals surface area contributed by atoms with Gasteiger partial charge >= 0.3 is 0 Å². The Kier molecular flexibility index (Phi) is 6.88. The number of hydrogen-bond donors (Lipinski definition) is 1. The van der Waals surface area contributed by atoms with E-state index in [2.05, 4.69) is 20.2 Å². The lowest BCUT2D eigenvalue weighted by Crippen LogP contribution is -2.27. The topological polar surface area (TPSA) is 78.4 Å². The summed E-state index contributed by atoms with van der Waals surface area (Å²) in [5, 5.41) is 6.21. The Hall–Kier alpha value is -3.07. The van der Waals surface area contributed by atoms with Crippen LogP contribution in [0.15, 0.2) is 71.6 Å². The van der Waals surface area contributed by atoms with Crippen molar-refractivity contribution in [3.8, 4) is 0 Å². The molecule has 0 aliphatic rings. The molecule has 0 saturated heterocycles. The van der Waals surface area contributed by atoms with Crippen molar-refractivity contribution in [3.63, 3.8) is 0 Å². The van der Waals surface area contributed by atoms with Crippen LogP contribution in [0.25, 0.3) is 21.7 Å². The zero-order chi connectivity index (χ0) is 23.4. The molecule has 0 bridgehead atoms. The number of hydrogen-bond acceptors (Lipinski definition) is 6. The van der Waals surface area contributed by atoms with Gasteiger partial charge in [-0.25, -0.2) is 18.4 Å². The standard InChI is InChI=1S/C25H29N5O2S/c1-29(2)16-8-15-26-25-22-11-6-7-12-23(22)27-24(28-25)18-30(3)33(31,32)21-14-13-19-9-4-5-10-20(19)17-21/h4-7,9-14,17H,8,15-16,18H2,1-3H3,(H,26,27,28). The van der Waals surface area contributed by atoms with Gasteiger partial charge in [-0.3, -0.25) is 0 Å². The van der Waals surface area contributed by atoms with Crippen LogP contribution in [0.5, 0.6) is 0 Å². The van der Waals surface area contributed by atoms with E-state index in [1.165, 1.54) is 4.31 Å². The minimum Gasteiger partial charge on any atom is -0.369 e. The van der Waals surface area contributed by atoms with Crippen LogP contribution in [0.4, 0.5) is 5.82 Å². The predicted molar refractivity (Wildman–Crippen MR) is 134 cm³/mol. The molecular weight excluding hydrogens is 434 g/mol. The fraction of sp³-hybridized carbons (Fsp3) is 0.280. The maximum Gasteiger partial charge on any atom is 0.243 e. The maximum absolute atomic E-state index is 13.3. The van der Waals surface area contributed by atoms with Crippen LogP contribution >= 0.6 is 0 Å². The van der Waals surface area contributed by atoms with Crippen molar-refractivity contribution in [1.29, 1.82) is 0 Å². The highest BCUT2D eigenvalue weighted by atomic mass is 32.2. The van der Waals surface area contributed by atoms with Gasteiger partial charge in [-0.05, 0) is 62.1 Å². The van der Waals surface area contributed by atoms with Gasteiger partial charge in [-0.2, -0.15) is 4.31 Å². The molecule has 172 valence electrons. The summed E-state index contributed by atoms with van der Waals surface area (Å²) < 4.78 is 27.8. The molecule has 0 spiro atoms. The van der Waals surface area contributed by atoms with Crippen LogP contribution in [-0.4, -0.2) is 61.8 Å². The molecule has 0 amide bonds. The highest BCUT2D eigenvalue weighted by molar-refractivity contribution is 7.89. The summed E-state index contributed by atoms with van der Waals surface area (Å²) in [6.45, 7) is 1.81. The molecule has 4 rings (SSSR count). The van der Waals surface area contributed by atoms with Crippen LogP contribution in [0.3, 0.4) is 0 Å². The molecule has 8 heteroatoms. The highest BCUT2D eigenvalue weighted by Gasteiger charge is 2.22.